The third-order valence-corrected chi connectivity index (χ3v) is 3.87. The third-order valence-electron chi connectivity index (χ3n) is 3.87. The molecule has 0 spiro atoms. The van der Waals surface area contributed by atoms with Crippen LogP contribution in [0.3, 0.4) is 0 Å². The Kier molecular flexibility index (Phi) is 15.0. The Bertz CT molecular complexity index is 767. The van der Waals surface area contributed by atoms with Crippen molar-refractivity contribution in [1.82, 2.24) is 13.7 Å². The Hall–Kier alpha value is -2.01. The first-order valence-electron chi connectivity index (χ1n) is 8.86. The minimum Gasteiger partial charge on any atom is -0.391 e. The van der Waals surface area contributed by atoms with Gasteiger partial charge in [-0.25, -0.2) is 28.1 Å². The average Bonchev–Trinajstić information content (AvgIpc) is 2.66. The van der Waals surface area contributed by atoms with Crippen molar-refractivity contribution in [3.8, 4) is 0 Å². The number of allylic oxidation sites excluding steroid dienone is 1. The Morgan fingerprint density at radius 1 is 0.966 bits per heavy atom. The van der Waals surface area contributed by atoms with Crippen LogP contribution in [-0.4, -0.2) is 62.5 Å². The lowest BCUT2D eigenvalue weighted by atomic mass is 10.3. The van der Waals surface area contributed by atoms with Crippen LogP contribution in [0.5, 0.6) is 0 Å². The summed E-state index contributed by atoms with van der Waals surface area (Å²) in [5, 5.41) is 19.4. The van der Waals surface area contributed by atoms with Gasteiger partial charge in [-0.05, 0) is 12.8 Å². The summed E-state index contributed by atoms with van der Waals surface area (Å²) < 4.78 is 13.0. The van der Waals surface area contributed by atoms with Gasteiger partial charge in [-0.15, -0.1) is 6.58 Å². The highest BCUT2D eigenvalue weighted by molar-refractivity contribution is 4.82. The molecule has 2 unspecified atom stereocenters. The maximum atomic E-state index is 12.3. The first kappa shape index (κ1) is 29.2. The van der Waals surface area contributed by atoms with Gasteiger partial charge < -0.3 is 19.7 Å². The van der Waals surface area contributed by atoms with E-state index in [1.807, 2.05) is 6.92 Å². The van der Waals surface area contributed by atoms with E-state index >= 15 is 0 Å². The lowest BCUT2D eigenvalue weighted by molar-refractivity contribution is 0.00327. The lowest BCUT2D eigenvalue weighted by Crippen LogP contribution is -2.54. The van der Waals surface area contributed by atoms with Crippen LogP contribution in [0.2, 0.25) is 0 Å². The fourth-order valence-electron chi connectivity index (χ4n) is 2.28. The fourth-order valence-corrected chi connectivity index (χ4v) is 2.28. The molecule has 0 saturated heterocycles. The van der Waals surface area contributed by atoms with Crippen LogP contribution >= 0.6 is 0 Å². The minimum atomic E-state index is -1.09. The molecule has 0 aliphatic heterocycles. The number of hydrogen-bond acceptors (Lipinski definition) is 7. The zero-order valence-corrected chi connectivity index (χ0v) is 15.9. The second-order valence-corrected chi connectivity index (χ2v) is 6.14. The summed E-state index contributed by atoms with van der Waals surface area (Å²) >= 11 is 0. The first-order valence-corrected chi connectivity index (χ1v) is 8.86. The molecule has 1 heterocycles. The zero-order valence-electron chi connectivity index (χ0n) is 15.9. The maximum Gasteiger partial charge on any atom is 0.336 e. The van der Waals surface area contributed by atoms with Crippen LogP contribution in [0.1, 0.15) is 34.6 Å². The van der Waals surface area contributed by atoms with Gasteiger partial charge in [0.25, 0.3) is 0 Å². The summed E-state index contributed by atoms with van der Waals surface area (Å²) in [6, 6.07) is 0. The predicted octanol–water partition coefficient (Wildman–Crippen LogP) is -0.278. The van der Waals surface area contributed by atoms with E-state index in [2.05, 4.69) is 6.58 Å². The van der Waals surface area contributed by atoms with Gasteiger partial charge in [0.2, 0.25) is 0 Å². The number of ether oxygens (including phenoxy) is 2. The van der Waals surface area contributed by atoms with Crippen molar-refractivity contribution in [3.05, 3.63) is 44.1 Å². The molecule has 0 aromatic carbocycles. The summed E-state index contributed by atoms with van der Waals surface area (Å²) in [5.41, 5.74) is -2.34. The first-order chi connectivity index (χ1) is 12.8. The van der Waals surface area contributed by atoms with Crippen molar-refractivity contribution in [1.29, 1.82) is 0 Å². The monoisotopic (exact) mass is 419 g/mol. The minimum absolute atomic E-state index is 0. The van der Waals surface area contributed by atoms with Gasteiger partial charge in [0.15, 0.2) is 0 Å². The second kappa shape index (κ2) is 14.9. The summed E-state index contributed by atoms with van der Waals surface area (Å²) in [5.74, 6) is 0. The fraction of sp³-hybridized carbons (Fsp3) is 0.737. The van der Waals surface area contributed by atoms with E-state index in [1.165, 1.54) is 13.1 Å². The highest BCUT2D eigenvalue weighted by Crippen LogP contribution is 1.94. The average molecular weight is 420 g/mol. The molecule has 0 aliphatic carbocycles. The van der Waals surface area contributed by atoms with Crippen molar-refractivity contribution in [2.24, 2.45) is 7.05 Å². The Morgan fingerprint density at radius 2 is 1.48 bits per heavy atom. The number of aliphatic hydroxyl groups excluding tert-OH is 2. The van der Waals surface area contributed by atoms with Crippen LogP contribution < -0.4 is 17.1 Å². The van der Waals surface area contributed by atoms with Crippen molar-refractivity contribution in [3.63, 3.8) is 0 Å². The molecule has 0 amide bonds. The molecule has 0 saturated carbocycles. The summed E-state index contributed by atoms with van der Waals surface area (Å²) in [4.78, 5) is 36.4. The van der Waals surface area contributed by atoms with Gasteiger partial charge in [-0.1, -0.05) is 27.9 Å². The molecule has 0 fully saturated rings. The highest BCUT2D eigenvalue weighted by Gasteiger charge is 2.15. The number of hydrogen-bond donors (Lipinski definition) is 2. The molecule has 1 aromatic heterocycles. The normalized spacial score (nSPS) is 12.6. The molecule has 10 heteroatoms. The van der Waals surface area contributed by atoms with E-state index < -0.39 is 29.3 Å². The molecule has 0 radical (unpaired) electrons. The number of aliphatic hydroxyl groups is 2. The number of rotatable bonds is 13. The third kappa shape index (κ3) is 8.90. The molecule has 2 N–H and O–H groups in total. The molecule has 0 bridgehead atoms. The summed E-state index contributed by atoms with van der Waals surface area (Å²) in [6.45, 7) is 5.95. The van der Waals surface area contributed by atoms with E-state index in [-0.39, 0.29) is 41.2 Å². The van der Waals surface area contributed by atoms with Crippen molar-refractivity contribution in [2.75, 3.05) is 26.4 Å². The summed E-state index contributed by atoms with van der Waals surface area (Å²) in [6.07, 6.45) is 1.01. The molecule has 2 atom stereocenters. The maximum absolute atomic E-state index is 12.3. The van der Waals surface area contributed by atoms with E-state index in [4.69, 9.17) is 9.47 Å². The van der Waals surface area contributed by atoms with E-state index in [9.17, 15) is 24.6 Å². The molecular formula is C19H37N3O7. The van der Waals surface area contributed by atoms with Crippen molar-refractivity contribution >= 4 is 0 Å². The van der Waals surface area contributed by atoms with Gasteiger partial charge in [0.1, 0.15) is 0 Å². The largest absolute Gasteiger partial charge is 0.391 e. The molecule has 0 aliphatic rings. The van der Waals surface area contributed by atoms with Gasteiger partial charge in [0, 0.05) is 20.3 Å². The second-order valence-electron chi connectivity index (χ2n) is 6.14. The Labute approximate surface area is 171 Å². The van der Waals surface area contributed by atoms with Gasteiger partial charge in [-0.2, -0.15) is 0 Å². The zero-order chi connectivity index (χ0) is 20.4. The predicted molar refractivity (Wildman–Crippen MR) is 112 cm³/mol. The van der Waals surface area contributed by atoms with E-state index in [1.54, 1.807) is 0 Å². The van der Waals surface area contributed by atoms with Crippen LogP contribution in [0.4, 0.5) is 0 Å². The topological polar surface area (TPSA) is 125 Å². The van der Waals surface area contributed by atoms with E-state index in [0.717, 1.165) is 13.7 Å². The van der Waals surface area contributed by atoms with Crippen LogP contribution in [0, 0.1) is 0 Å². The number of aromatic nitrogens is 3. The van der Waals surface area contributed by atoms with Gasteiger partial charge in [-0.3, -0.25) is 0 Å². The highest BCUT2D eigenvalue weighted by atomic mass is 16.5. The van der Waals surface area contributed by atoms with E-state index in [0.29, 0.717) is 26.1 Å². The molecule has 1 rings (SSSR count). The van der Waals surface area contributed by atoms with Crippen LogP contribution in [0.15, 0.2) is 27.0 Å². The molecule has 170 valence electrons. The molecule has 29 heavy (non-hydrogen) atoms. The molecular weight excluding hydrogens is 382 g/mol. The standard InChI is InChI=1S/C17H29N3O7.2CH4/c1-4-7-19-15(23)18(3)16(24)20(17(19)25)10-14(22)12-27-9-6-8-26-11-13(21)5-2;;/h4,13-14,21-22H,1,5-12H2,2-3H3;2*1H4. The van der Waals surface area contributed by atoms with Crippen molar-refractivity contribution in [2.45, 2.75) is 59.9 Å². The quantitative estimate of drug-likeness (QED) is 0.333. The van der Waals surface area contributed by atoms with Crippen LogP contribution in [-0.2, 0) is 29.6 Å². The lowest BCUT2D eigenvalue weighted by Gasteiger charge is -2.15. The smallest absolute Gasteiger partial charge is 0.336 e. The van der Waals surface area contributed by atoms with Crippen LogP contribution in [0.25, 0.3) is 0 Å². The number of nitrogens with zero attached hydrogens (tertiary/aromatic N) is 3. The Balaban J connectivity index is 0. The SMILES string of the molecule is C.C.C=CCn1c(=O)n(C)c(=O)n(CC(O)COCCCOCC(O)CC)c1=O. The van der Waals surface area contributed by atoms with Gasteiger partial charge >= 0.3 is 17.1 Å². The summed E-state index contributed by atoms with van der Waals surface area (Å²) in [7, 11) is 1.26. The Morgan fingerprint density at radius 3 is 2.00 bits per heavy atom. The molecule has 10 nitrogen and oxygen atoms in total. The molecule has 1 aromatic rings. The van der Waals surface area contributed by atoms with Gasteiger partial charge in [0.05, 0.1) is 38.5 Å². The van der Waals surface area contributed by atoms with Crippen molar-refractivity contribution < 1.29 is 19.7 Å².